The van der Waals surface area contributed by atoms with Crippen molar-refractivity contribution in [3.8, 4) is 17.2 Å². The summed E-state index contributed by atoms with van der Waals surface area (Å²) >= 11 is 0. The summed E-state index contributed by atoms with van der Waals surface area (Å²) in [5.41, 5.74) is 0.854. The fourth-order valence-corrected chi connectivity index (χ4v) is 4.09. The van der Waals surface area contributed by atoms with E-state index in [-0.39, 0.29) is 5.43 Å². The third kappa shape index (κ3) is 13.6. The number of hydrogen-bond donors (Lipinski definition) is 0. The van der Waals surface area contributed by atoms with Crippen LogP contribution in [0.3, 0.4) is 0 Å². The zero-order valence-corrected chi connectivity index (χ0v) is 22.8. The van der Waals surface area contributed by atoms with E-state index in [1.54, 1.807) is 18.2 Å². The van der Waals surface area contributed by atoms with Crippen LogP contribution in [0, 0.1) is 0 Å². The Kier molecular flexibility index (Phi) is 16.2. The van der Waals surface area contributed by atoms with E-state index in [2.05, 4.69) is 13.8 Å². The van der Waals surface area contributed by atoms with Crippen LogP contribution < -0.4 is 19.6 Å². The number of benzene rings is 1. The van der Waals surface area contributed by atoms with Crippen LogP contribution in [0.2, 0.25) is 0 Å². The molecule has 0 unspecified atom stereocenters. The summed E-state index contributed by atoms with van der Waals surface area (Å²) in [6.07, 6.45) is 17.9. The monoisotopic (exact) mass is 496 g/mol. The summed E-state index contributed by atoms with van der Waals surface area (Å²) in [6, 6.07) is 14.7. The van der Waals surface area contributed by atoms with Crippen LogP contribution in [-0.2, 0) is 6.61 Å². The molecule has 36 heavy (non-hydrogen) atoms. The Hall–Kier alpha value is -2.49. The molecular formula is C32H48O4. The Morgan fingerprint density at radius 3 is 1.50 bits per heavy atom. The third-order valence-corrected chi connectivity index (χ3v) is 6.39. The summed E-state index contributed by atoms with van der Waals surface area (Å²) in [4.78, 5) is 12.3. The average Bonchev–Trinajstić information content (AvgIpc) is 3.07. The molecule has 0 N–H and O–H groups in total. The van der Waals surface area contributed by atoms with Gasteiger partial charge in [0.05, 0.1) is 13.2 Å². The Labute approximate surface area is 219 Å². The highest BCUT2D eigenvalue weighted by molar-refractivity contribution is 5.30. The van der Waals surface area contributed by atoms with Gasteiger partial charge in [0.2, 0.25) is 5.43 Å². The molecule has 0 aromatic heterocycles. The first-order chi connectivity index (χ1) is 17.7. The van der Waals surface area contributed by atoms with Crippen LogP contribution in [-0.4, -0.2) is 13.2 Å². The molecule has 0 spiro atoms. The van der Waals surface area contributed by atoms with E-state index in [4.69, 9.17) is 14.2 Å². The number of unbranched alkanes of at least 4 members (excludes halogenated alkanes) is 12. The molecule has 0 aliphatic heterocycles. The summed E-state index contributed by atoms with van der Waals surface area (Å²) in [7, 11) is 0. The molecule has 2 rings (SSSR count). The fraction of sp³-hybridized carbons (Fsp3) is 0.594. The molecule has 4 heteroatoms. The predicted octanol–water partition coefficient (Wildman–Crippen LogP) is 8.88. The average molecular weight is 497 g/mol. The molecule has 0 fully saturated rings. The fourth-order valence-electron chi connectivity index (χ4n) is 4.09. The van der Waals surface area contributed by atoms with E-state index in [9.17, 15) is 4.79 Å². The summed E-state index contributed by atoms with van der Waals surface area (Å²) in [5, 5.41) is 0. The zero-order valence-electron chi connectivity index (χ0n) is 22.8. The first-order valence-electron chi connectivity index (χ1n) is 14.3. The molecule has 0 saturated heterocycles. The van der Waals surface area contributed by atoms with E-state index < -0.39 is 0 Å². The van der Waals surface area contributed by atoms with Crippen molar-refractivity contribution in [1.29, 1.82) is 0 Å². The van der Waals surface area contributed by atoms with Gasteiger partial charge in [-0.25, -0.2) is 0 Å². The van der Waals surface area contributed by atoms with Crippen LogP contribution >= 0.6 is 0 Å². The van der Waals surface area contributed by atoms with Crippen molar-refractivity contribution in [3.05, 3.63) is 64.3 Å². The SMILES string of the molecule is CCCCCCCCCCCCOc1ccc(COc2ccc(OCCCCCC)ccc2=O)cc1. The van der Waals surface area contributed by atoms with E-state index in [0.29, 0.717) is 24.7 Å². The molecule has 2 aromatic carbocycles. The Morgan fingerprint density at radius 2 is 0.944 bits per heavy atom. The van der Waals surface area contributed by atoms with Gasteiger partial charge < -0.3 is 14.2 Å². The van der Waals surface area contributed by atoms with Gasteiger partial charge in [-0.15, -0.1) is 0 Å². The Morgan fingerprint density at radius 1 is 0.500 bits per heavy atom. The second-order valence-corrected chi connectivity index (χ2v) is 9.67. The molecule has 0 radical (unpaired) electrons. The molecular weight excluding hydrogens is 448 g/mol. The minimum Gasteiger partial charge on any atom is -0.494 e. The number of ether oxygens (including phenoxy) is 3. The molecule has 0 heterocycles. The molecule has 0 atom stereocenters. The quantitative estimate of drug-likeness (QED) is 0.162. The van der Waals surface area contributed by atoms with Crippen molar-refractivity contribution in [1.82, 2.24) is 0 Å². The van der Waals surface area contributed by atoms with Crippen LogP contribution in [0.4, 0.5) is 0 Å². The highest BCUT2D eigenvalue weighted by Crippen LogP contribution is 2.17. The van der Waals surface area contributed by atoms with Gasteiger partial charge in [-0.05, 0) is 54.8 Å². The van der Waals surface area contributed by atoms with E-state index in [1.165, 1.54) is 83.1 Å². The topological polar surface area (TPSA) is 44.8 Å². The summed E-state index contributed by atoms with van der Waals surface area (Å²) in [6.45, 7) is 6.22. The Bertz CT molecular complexity index is 863. The normalized spacial score (nSPS) is 10.8. The van der Waals surface area contributed by atoms with Crippen molar-refractivity contribution >= 4 is 0 Å². The van der Waals surface area contributed by atoms with Crippen molar-refractivity contribution in [2.75, 3.05) is 13.2 Å². The van der Waals surface area contributed by atoms with Crippen molar-refractivity contribution < 1.29 is 14.2 Å². The molecule has 0 aliphatic rings. The standard InChI is InChI=1S/C32H48O4/c1-3-5-7-9-10-11-12-13-14-16-26-34-29-19-17-28(18-20-29)27-36-32-24-22-30(21-23-31(32)33)35-25-15-8-6-4-2/h17-24H,3-16,25-27H2,1-2H3. The van der Waals surface area contributed by atoms with E-state index in [1.807, 2.05) is 24.3 Å². The molecule has 4 nitrogen and oxygen atoms in total. The maximum Gasteiger partial charge on any atom is 0.220 e. The van der Waals surface area contributed by atoms with Crippen LogP contribution in [0.25, 0.3) is 0 Å². The minimum absolute atomic E-state index is 0.146. The molecule has 0 amide bonds. The highest BCUT2D eigenvalue weighted by atomic mass is 16.5. The highest BCUT2D eigenvalue weighted by Gasteiger charge is 2.03. The van der Waals surface area contributed by atoms with Crippen LogP contribution in [0.5, 0.6) is 17.2 Å². The lowest BCUT2D eigenvalue weighted by molar-refractivity contribution is 0.298. The number of hydrogen-bond acceptors (Lipinski definition) is 4. The van der Waals surface area contributed by atoms with E-state index in [0.717, 1.165) is 30.8 Å². The lowest BCUT2D eigenvalue weighted by Gasteiger charge is -2.08. The van der Waals surface area contributed by atoms with Crippen LogP contribution in [0.1, 0.15) is 109 Å². The largest absolute Gasteiger partial charge is 0.494 e. The molecule has 2 aromatic rings. The lowest BCUT2D eigenvalue weighted by Crippen LogP contribution is -2.04. The minimum atomic E-state index is -0.146. The van der Waals surface area contributed by atoms with Gasteiger partial charge in [0, 0.05) is 0 Å². The van der Waals surface area contributed by atoms with E-state index >= 15 is 0 Å². The second-order valence-electron chi connectivity index (χ2n) is 9.67. The molecule has 0 bridgehead atoms. The maximum absolute atomic E-state index is 12.3. The first kappa shape index (κ1) is 29.7. The molecule has 200 valence electrons. The van der Waals surface area contributed by atoms with Gasteiger partial charge in [-0.3, -0.25) is 4.79 Å². The van der Waals surface area contributed by atoms with Gasteiger partial charge in [0.15, 0.2) is 5.75 Å². The maximum atomic E-state index is 12.3. The number of rotatable bonds is 21. The van der Waals surface area contributed by atoms with Gasteiger partial charge in [0.1, 0.15) is 18.1 Å². The second kappa shape index (κ2) is 19.7. The first-order valence-corrected chi connectivity index (χ1v) is 14.3. The smallest absolute Gasteiger partial charge is 0.220 e. The van der Waals surface area contributed by atoms with Gasteiger partial charge >= 0.3 is 0 Å². The van der Waals surface area contributed by atoms with Crippen molar-refractivity contribution in [3.63, 3.8) is 0 Å². The Balaban J connectivity index is 1.62. The molecule has 0 aliphatic carbocycles. The predicted molar refractivity (Wildman–Crippen MR) is 150 cm³/mol. The van der Waals surface area contributed by atoms with Crippen molar-refractivity contribution in [2.45, 2.75) is 110 Å². The summed E-state index contributed by atoms with van der Waals surface area (Å²) in [5.74, 6) is 1.91. The van der Waals surface area contributed by atoms with Crippen molar-refractivity contribution in [2.24, 2.45) is 0 Å². The summed E-state index contributed by atoms with van der Waals surface area (Å²) < 4.78 is 17.5. The molecule has 0 saturated carbocycles. The third-order valence-electron chi connectivity index (χ3n) is 6.39. The lowest BCUT2D eigenvalue weighted by atomic mass is 10.1. The van der Waals surface area contributed by atoms with Gasteiger partial charge in [-0.2, -0.15) is 0 Å². The zero-order chi connectivity index (χ0) is 25.7. The van der Waals surface area contributed by atoms with Gasteiger partial charge in [0.25, 0.3) is 0 Å². The van der Waals surface area contributed by atoms with Gasteiger partial charge in [-0.1, -0.05) is 103 Å². The van der Waals surface area contributed by atoms with Crippen LogP contribution in [0.15, 0.2) is 53.3 Å².